The van der Waals surface area contributed by atoms with Gasteiger partial charge in [-0.1, -0.05) is 30.3 Å². The topological polar surface area (TPSA) is 15.3 Å². The molecule has 0 spiro atoms. The van der Waals surface area contributed by atoms with E-state index in [2.05, 4.69) is 79.4 Å². The molecule has 0 aliphatic carbocycles. The summed E-state index contributed by atoms with van der Waals surface area (Å²) in [7, 11) is 4.11. The minimum Gasteiger partial charge on any atom is -0.380 e. The third kappa shape index (κ3) is 4.57. The first-order valence-corrected chi connectivity index (χ1v) is 8.02. The van der Waals surface area contributed by atoms with Crippen LogP contribution in [0.2, 0.25) is 0 Å². The molecule has 2 rings (SSSR count). The van der Waals surface area contributed by atoms with E-state index < -0.39 is 0 Å². The van der Waals surface area contributed by atoms with E-state index >= 15 is 0 Å². The molecule has 0 fully saturated rings. The van der Waals surface area contributed by atoms with Crippen LogP contribution < -0.4 is 10.2 Å². The van der Waals surface area contributed by atoms with Gasteiger partial charge in [-0.05, 0) is 29.8 Å². The Morgan fingerprint density at radius 3 is 2.48 bits per heavy atom. The molecule has 21 heavy (non-hydrogen) atoms. The summed E-state index contributed by atoms with van der Waals surface area (Å²) in [6.07, 6.45) is 1.93. The average Bonchev–Trinajstić information content (AvgIpc) is 2.52. The Morgan fingerprint density at radius 2 is 1.81 bits per heavy atom. The van der Waals surface area contributed by atoms with Crippen molar-refractivity contribution in [2.24, 2.45) is 0 Å². The first-order chi connectivity index (χ1) is 10.2. The van der Waals surface area contributed by atoms with Crippen molar-refractivity contribution in [2.45, 2.75) is 11.4 Å². The van der Waals surface area contributed by atoms with E-state index in [-0.39, 0.29) is 0 Å². The van der Waals surface area contributed by atoms with Crippen molar-refractivity contribution < 1.29 is 0 Å². The van der Waals surface area contributed by atoms with E-state index in [1.54, 1.807) is 11.8 Å². The number of nitrogens with zero attached hydrogens (tertiary/aromatic N) is 1. The zero-order chi connectivity index (χ0) is 15.1. The number of hydrogen-bond donors (Lipinski definition) is 1. The summed E-state index contributed by atoms with van der Waals surface area (Å²) < 4.78 is 0. The van der Waals surface area contributed by atoms with Gasteiger partial charge in [-0.2, -0.15) is 0 Å². The molecule has 0 aliphatic rings. The highest BCUT2D eigenvalue weighted by molar-refractivity contribution is 7.99. The van der Waals surface area contributed by atoms with Crippen LogP contribution in [0.15, 0.2) is 66.1 Å². The predicted octanol–water partition coefficient (Wildman–Crippen LogP) is 4.64. The largest absolute Gasteiger partial charge is 0.380 e. The van der Waals surface area contributed by atoms with E-state index in [4.69, 9.17) is 0 Å². The number of thioether (sulfide) groups is 1. The maximum atomic E-state index is 3.78. The molecule has 3 heteroatoms. The number of benzene rings is 2. The number of nitrogens with one attached hydrogen (secondary N) is 1. The third-order valence-corrected chi connectivity index (χ3v) is 4.25. The lowest BCUT2D eigenvalue weighted by molar-refractivity contribution is 1.10. The zero-order valence-electron chi connectivity index (χ0n) is 12.7. The second-order valence-corrected chi connectivity index (χ2v) is 6.07. The van der Waals surface area contributed by atoms with Crippen molar-refractivity contribution in [1.29, 1.82) is 0 Å². The number of rotatable bonds is 7. The lowest BCUT2D eigenvalue weighted by Gasteiger charge is -2.14. The fourth-order valence-corrected chi connectivity index (χ4v) is 2.76. The summed E-state index contributed by atoms with van der Waals surface area (Å²) in [5, 5.41) is 3.52. The van der Waals surface area contributed by atoms with Crippen LogP contribution in [0.25, 0.3) is 0 Å². The molecule has 0 heterocycles. The molecule has 2 aromatic carbocycles. The lowest BCUT2D eigenvalue weighted by Crippen LogP contribution is -2.08. The maximum absolute atomic E-state index is 3.78. The van der Waals surface area contributed by atoms with Crippen LogP contribution >= 0.6 is 11.8 Å². The Kier molecular flexibility index (Phi) is 5.76. The SMILES string of the molecule is C=CCSc1ccccc1NCc1ccc(N(C)C)cc1. The Bertz CT molecular complexity index is 576. The Labute approximate surface area is 131 Å². The molecule has 0 bridgehead atoms. The van der Waals surface area contributed by atoms with E-state index in [1.165, 1.54) is 21.8 Å². The fraction of sp³-hybridized carbons (Fsp3) is 0.222. The van der Waals surface area contributed by atoms with Gasteiger partial charge in [0.15, 0.2) is 0 Å². The van der Waals surface area contributed by atoms with Crippen molar-refractivity contribution >= 4 is 23.1 Å². The monoisotopic (exact) mass is 298 g/mol. The minimum atomic E-state index is 0.833. The number of hydrogen-bond acceptors (Lipinski definition) is 3. The van der Waals surface area contributed by atoms with E-state index in [0.717, 1.165) is 12.3 Å². The highest BCUT2D eigenvalue weighted by Gasteiger charge is 2.02. The Balaban J connectivity index is 2.00. The lowest BCUT2D eigenvalue weighted by atomic mass is 10.2. The van der Waals surface area contributed by atoms with Crippen molar-refractivity contribution in [3.63, 3.8) is 0 Å². The van der Waals surface area contributed by atoms with Gasteiger partial charge in [0.1, 0.15) is 0 Å². The van der Waals surface area contributed by atoms with Gasteiger partial charge in [0.25, 0.3) is 0 Å². The third-order valence-electron chi connectivity index (χ3n) is 3.18. The molecule has 0 radical (unpaired) electrons. The quantitative estimate of drug-likeness (QED) is 0.592. The van der Waals surface area contributed by atoms with Crippen LogP contribution in [-0.2, 0) is 6.54 Å². The molecule has 0 aromatic heterocycles. The van der Waals surface area contributed by atoms with Crippen LogP contribution in [0.4, 0.5) is 11.4 Å². The van der Waals surface area contributed by atoms with Crippen molar-refractivity contribution in [2.75, 3.05) is 30.1 Å². The molecular weight excluding hydrogens is 276 g/mol. The van der Waals surface area contributed by atoms with Gasteiger partial charge >= 0.3 is 0 Å². The molecular formula is C18H22N2S. The molecule has 0 saturated heterocycles. The van der Waals surface area contributed by atoms with Gasteiger partial charge in [-0.15, -0.1) is 18.3 Å². The van der Waals surface area contributed by atoms with E-state index in [9.17, 15) is 0 Å². The molecule has 2 aromatic rings. The number of para-hydroxylation sites is 1. The van der Waals surface area contributed by atoms with Crippen molar-refractivity contribution in [3.8, 4) is 0 Å². The number of anilines is 2. The fourth-order valence-electron chi connectivity index (χ4n) is 2.00. The van der Waals surface area contributed by atoms with Crippen LogP contribution in [0.5, 0.6) is 0 Å². The minimum absolute atomic E-state index is 0.833. The smallest absolute Gasteiger partial charge is 0.0481 e. The molecule has 0 unspecified atom stereocenters. The van der Waals surface area contributed by atoms with Gasteiger partial charge in [0, 0.05) is 42.7 Å². The van der Waals surface area contributed by atoms with Crippen LogP contribution in [-0.4, -0.2) is 19.8 Å². The van der Waals surface area contributed by atoms with Gasteiger partial charge in [0.2, 0.25) is 0 Å². The summed E-state index contributed by atoms with van der Waals surface area (Å²) in [4.78, 5) is 3.38. The molecule has 0 amide bonds. The van der Waals surface area contributed by atoms with Gasteiger partial charge in [0.05, 0.1) is 0 Å². The summed E-state index contributed by atoms with van der Waals surface area (Å²) in [5.74, 6) is 0.927. The summed E-state index contributed by atoms with van der Waals surface area (Å²) >= 11 is 1.80. The van der Waals surface area contributed by atoms with Gasteiger partial charge < -0.3 is 10.2 Å². The van der Waals surface area contributed by atoms with Crippen molar-refractivity contribution in [3.05, 3.63) is 66.7 Å². The second kappa shape index (κ2) is 7.79. The first kappa shape index (κ1) is 15.5. The highest BCUT2D eigenvalue weighted by Crippen LogP contribution is 2.27. The van der Waals surface area contributed by atoms with Crippen LogP contribution in [0, 0.1) is 0 Å². The van der Waals surface area contributed by atoms with Crippen molar-refractivity contribution in [1.82, 2.24) is 0 Å². The molecule has 0 atom stereocenters. The zero-order valence-corrected chi connectivity index (χ0v) is 13.5. The van der Waals surface area contributed by atoms with Crippen LogP contribution in [0.3, 0.4) is 0 Å². The average molecular weight is 298 g/mol. The summed E-state index contributed by atoms with van der Waals surface area (Å²) in [6.45, 7) is 4.61. The summed E-state index contributed by atoms with van der Waals surface area (Å²) in [5.41, 5.74) is 3.69. The molecule has 2 nitrogen and oxygen atoms in total. The first-order valence-electron chi connectivity index (χ1n) is 7.03. The molecule has 0 aliphatic heterocycles. The maximum Gasteiger partial charge on any atom is 0.0481 e. The Hall–Kier alpha value is -1.87. The van der Waals surface area contributed by atoms with Gasteiger partial charge in [-0.25, -0.2) is 0 Å². The standard InChI is InChI=1S/C18H22N2S/c1-4-13-21-18-8-6-5-7-17(18)19-14-15-9-11-16(12-10-15)20(2)3/h4-12,19H,1,13-14H2,2-3H3. The normalized spacial score (nSPS) is 10.2. The van der Waals surface area contributed by atoms with E-state index in [0.29, 0.717) is 0 Å². The Morgan fingerprint density at radius 1 is 1.10 bits per heavy atom. The molecule has 1 N–H and O–H groups in total. The highest BCUT2D eigenvalue weighted by atomic mass is 32.2. The summed E-state index contributed by atoms with van der Waals surface area (Å²) in [6, 6.07) is 17.0. The predicted molar refractivity (Wildman–Crippen MR) is 95.5 cm³/mol. The van der Waals surface area contributed by atoms with Gasteiger partial charge in [-0.3, -0.25) is 0 Å². The second-order valence-electron chi connectivity index (χ2n) is 5.01. The molecule has 110 valence electrons. The molecule has 0 saturated carbocycles. The van der Waals surface area contributed by atoms with Crippen LogP contribution in [0.1, 0.15) is 5.56 Å². The van der Waals surface area contributed by atoms with E-state index in [1.807, 2.05) is 6.08 Å².